The first-order valence-corrected chi connectivity index (χ1v) is 9.20. The fourth-order valence-electron chi connectivity index (χ4n) is 4.11. The third-order valence-electron chi connectivity index (χ3n) is 5.68. The number of hydrogen-bond donors (Lipinski definition) is 1. The Morgan fingerprint density at radius 3 is 2.57 bits per heavy atom. The summed E-state index contributed by atoms with van der Waals surface area (Å²) < 4.78 is 0. The number of benzene rings is 1. The minimum atomic E-state index is 0.565. The van der Waals surface area contributed by atoms with Crippen LogP contribution in [0.25, 0.3) is 0 Å². The molecule has 1 aromatic rings. The Labute approximate surface area is 130 Å². The lowest BCUT2D eigenvalue weighted by Crippen LogP contribution is -2.22. The molecule has 0 saturated heterocycles. The predicted octanol–water partition coefficient (Wildman–Crippen LogP) is 5.58. The zero-order valence-electron chi connectivity index (χ0n) is 13.6. The van der Waals surface area contributed by atoms with Crippen molar-refractivity contribution in [2.75, 3.05) is 6.54 Å². The molecular formula is C20H31N. The third-order valence-corrected chi connectivity index (χ3v) is 5.68. The normalized spacial score (nSPS) is 21.4. The van der Waals surface area contributed by atoms with Crippen molar-refractivity contribution >= 4 is 0 Å². The molecule has 1 unspecified atom stereocenters. The topological polar surface area (TPSA) is 12.0 Å². The van der Waals surface area contributed by atoms with E-state index in [4.69, 9.17) is 0 Å². The molecule has 116 valence electrons. The molecule has 1 atom stereocenters. The quantitative estimate of drug-likeness (QED) is 0.690. The minimum absolute atomic E-state index is 0.565. The van der Waals surface area contributed by atoms with Crippen LogP contribution in [0.3, 0.4) is 0 Å². The van der Waals surface area contributed by atoms with E-state index in [1.807, 2.05) is 0 Å². The van der Waals surface area contributed by atoms with Gasteiger partial charge in [-0.25, -0.2) is 0 Å². The van der Waals surface area contributed by atoms with Crippen LogP contribution in [-0.4, -0.2) is 6.54 Å². The van der Waals surface area contributed by atoms with Crippen LogP contribution in [0.2, 0.25) is 0 Å². The summed E-state index contributed by atoms with van der Waals surface area (Å²) in [7, 11) is 0. The smallest absolute Gasteiger partial charge is 0.0320 e. The highest BCUT2D eigenvalue weighted by Crippen LogP contribution is 2.37. The van der Waals surface area contributed by atoms with Gasteiger partial charge in [0.1, 0.15) is 0 Å². The van der Waals surface area contributed by atoms with Crippen molar-refractivity contribution in [1.82, 2.24) is 5.32 Å². The van der Waals surface area contributed by atoms with Crippen LogP contribution in [0.15, 0.2) is 24.3 Å². The summed E-state index contributed by atoms with van der Waals surface area (Å²) in [6.45, 7) is 3.31. The summed E-state index contributed by atoms with van der Waals surface area (Å²) >= 11 is 0. The van der Waals surface area contributed by atoms with E-state index in [0.29, 0.717) is 6.04 Å². The molecule has 1 heteroatoms. The molecule has 0 bridgehead atoms. The van der Waals surface area contributed by atoms with Gasteiger partial charge in [0.2, 0.25) is 0 Å². The molecule has 0 amide bonds. The molecule has 3 rings (SSSR count). The van der Waals surface area contributed by atoms with Gasteiger partial charge in [-0.15, -0.1) is 0 Å². The summed E-state index contributed by atoms with van der Waals surface area (Å²) in [5.41, 5.74) is 3.11. The standard InChI is InChI=1S/C20H31N/c1-2-21-20(14-13-16-7-3-4-8-16)19-12-6-11-18(15-19)17-9-5-10-17/h6,11-12,15-17,20-21H,2-5,7-10,13-14H2,1H3. The summed E-state index contributed by atoms with van der Waals surface area (Å²) in [5, 5.41) is 3.73. The number of hydrogen-bond acceptors (Lipinski definition) is 1. The predicted molar refractivity (Wildman–Crippen MR) is 90.6 cm³/mol. The zero-order valence-corrected chi connectivity index (χ0v) is 13.6. The van der Waals surface area contributed by atoms with E-state index in [9.17, 15) is 0 Å². The summed E-state index contributed by atoms with van der Waals surface area (Å²) in [4.78, 5) is 0. The van der Waals surface area contributed by atoms with E-state index in [1.54, 1.807) is 5.56 Å². The van der Waals surface area contributed by atoms with Crippen LogP contribution in [0, 0.1) is 5.92 Å². The van der Waals surface area contributed by atoms with Crippen molar-refractivity contribution in [2.24, 2.45) is 5.92 Å². The van der Waals surface area contributed by atoms with E-state index in [2.05, 4.69) is 36.5 Å². The van der Waals surface area contributed by atoms with Crippen molar-refractivity contribution in [1.29, 1.82) is 0 Å². The molecule has 0 aromatic heterocycles. The van der Waals surface area contributed by atoms with Crippen LogP contribution in [0.5, 0.6) is 0 Å². The lowest BCUT2D eigenvalue weighted by atomic mass is 9.79. The molecule has 2 fully saturated rings. The Kier molecular flexibility index (Phi) is 5.35. The highest BCUT2D eigenvalue weighted by molar-refractivity contribution is 5.29. The molecule has 0 aliphatic heterocycles. The van der Waals surface area contributed by atoms with E-state index >= 15 is 0 Å². The van der Waals surface area contributed by atoms with Gasteiger partial charge in [-0.1, -0.05) is 63.3 Å². The molecule has 0 radical (unpaired) electrons. The summed E-state index contributed by atoms with van der Waals surface area (Å²) in [6.07, 6.45) is 12.8. The molecule has 0 heterocycles. The summed E-state index contributed by atoms with van der Waals surface area (Å²) in [5.74, 6) is 1.85. The fourth-order valence-corrected chi connectivity index (χ4v) is 4.11. The lowest BCUT2D eigenvalue weighted by Gasteiger charge is -2.27. The molecule has 1 nitrogen and oxygen atoms in total. The van der Waals surface area contributed by atoms with Crippen molar-refractivity contribution in [3.63, 3.8) is 0 Å². The first-order valence-electron chi connectivity index (χ1n) is 9.20. The van der Waals surface area contributed by atoms with Crippen LogP contribution in [0.1, 0.15) is 87.8 Å². The van der Waals surface area contributed by atoms with Crippen molar-refractivity contribution in [3.05, 3.63) is 35.4 Å². The molecule has 1 aromatic carbocycles. The van der Waals surface area contributed by atoms with Gasteiger partial charge in [0.15, 0.2) is 0 Å². The van der Waals surface area contributed by atoms with Crippen LogP contribution < -0.4 is 5.32 Å². The Morgan fingerprint density at radius 1 is 1.10 bits per heavy atom. The van der Waals surface area contributed by atoms with Crippen molar-refractivity contribution < 1.29 is 0 Å². The fraction of sp³-hybridized carbons (Fsp3) is 0.700. The van der Waals surface area contributed by atoms with E-state index < -0.39 is 0 Å². The first-order chi connectivity index (χ1) is 10.4. The Morgan fingerprint density at radius 2 is 1.90 bits per heavy atom. The second-order valence-electron chi connectivity index (χ2n) is 7.14. The molecule has 2 aliphatic rings. The maximum Gasteiger partial charge on any atom is 0.0320 e. The van der Waals surface area contributed by atoms with Gasteiger partial charge in [-0.3, -0.25) is 0 Å². The first kappa shape index (κ1) is 15.1. The van der Waals surface area contributed by atoms with E-state index in [1.165, 1.54) is 63.4 Å². The van der Waals surface area contributed by atoms with Crippen molar-refractivity contribution in [3.8, 4) is 0 Å². The summed E-state index contributed by atoms with van der Waals surface area (Å²) in [6, 6.07) is 10.0. The Hall–Kier alpha value is -0.820. The van der Waals surface area contributed by atoms with Gasteiger partial charge >= 0.3 is 0 Å². The molecule has 2 saturated carbocycles. The average molecular weight is 285 g/mol. The van der Waals surface area contributed by atoms with Crippen molar-refractivity contribution in [2.45, 2.75) is 76.7 Å². The molecule has 1 N–H and O–H groups in total. The number of nitrogens with one attached hydrogen (secondary N) is 1. The average Bonchev–Trinajstić information content (AvgIpc) is 2.95. The van der Waals surface area contributed by atoms with Gasteiger partial charge < -0.3 is 5.32 Å². The van der Waals surface area contributed by atoms with Gasteiger partial charge in [0.05, 0.1) is 0 Å². The molecule has 21 heavy (non-hydrogen) atoms. The maximum absolute atomic E-state index is 3.73. The van der Waals surface area contributed by atoms with E-state index in [-0.39, 0.29) is 0 Å². The monoisotopic (exact) mass is 285 g/mol. The van der Waals surface area contributed by atoms with Crippen LogP contribution in [0.4, 0.5) is 0 Å². The van der Waals surface area contributed by atoms with Gasteiger partial charge in [-0.05, 0) is 55.2 Å². The largest absolute Gasteiger partial charge is 0.310 e. The SMILES string of the molecule is CCNC(CCC1CCCC1)c1cccc(C2CCC2)c1. The zero-order chi connectivity index (χ0) is 14.5. The lowest BCUT2D eigenvalue weighted by molar-refractivity contribution is 0.410. The highest BCUT2D eigenvalue weighted by atomic mass is 14.9. The van der Waals surface area contributed by atoms with Gasteiger partial charge in [0, 0.05) is 6.04 Å². The molecule has 0 spiro atoms. The highest BCUT2D eigenvalue weighted by Gasteiger charge is 2.21. The second kappa shape index (κ2) is 7.45. The van der Waals surface area contributed by atoms with Crippen LogP contribution in [-0.2, 0) is 0 Å². The second-order valence-corrected chi connectivity index (χ2v) is 7.14. The molecule has 2 aliphatic carbocycles. The number of rotatable bonds is 7. The van der Waals surface area contributed by atoms with Gasteiger partial charge in [-0.2, -0.15) is 0 Å². The maximum atomic E-state index is 3.73. The Balaban J connectivity index is 1.63. The minimum Gasteiger partial charge on any atom is -0.310 e. The third kappa shape index (κ3) is 3.88. The van der Waals surface area contributed by atoms with E-state index in [0.717, 1.165) is 18.4 Å². The van der Waals surface area contributed by atoms with Gasteiger partial charge in [0.25, 0.3) is 0 Å². The van der Waals surface area contributed by atoms with Crippen LogP contribution >= 0.6 is 0 Å². The Bertz CT molecular complexity index is 429. The molecular weight excluding hydrogens is 254 g/mol.